The fourth-order valence-corrected chi connectivity index (χ4v) is 3.01. The van der Waals surface area contributed by atoms with Gasteiger partial charge in [0.1, 0.15) is 17.2 Å². The number of amides is 1. The van der Waals surface area contributed by atoms with Gasteiger partial charge in [-0.2, -0.15) is 0 Å². The number of carbonyl (C=O) groups is 1. The first-order valence-corrected chi connectivity index (χ1v) is 9.30. The van der Waals surface area contributed by atoms with Crippen LogP contribution in [0.3, 0.4) is 0 Å². The predicted molar refractivity (Wildman–Crippen MR) is 112 cm³/mol. The molecule has 0 unspecified atom stereocenters. The summed E-state index contributed by atoms with van der Waals surface area (Å²) in [5.74, 6) is -1.24. The van der Waals surface area contributed by atoms with E-state index < -0.39 is 11.7 Å². The molecule has 4 aromatic heterocycles. The van der Waals surface area contributed by atoms with Crippen molar-refractivity contribution in [1.82, 2.24) is 29.8 Å². The number of nitrogens with zero attached hydrogens (tertiary/aromatic N) is 4. The van der Waals surface area contributed by atoms with Gasteiger partial charge in [-0.15, -0.1) is 0 Å². The SMILES string of the molecule is Cn1cc(-c2nc(C(=O)NCc3ncccc3F)c(N)nc2-c2ccc[nH]2)ccc1=O. The topological polar surface area (TPSA) is 132 Å². The van der Waals surface area contributed by atoms with Crippen LogP contribution in [0.15, 0.2) is 59.8 Å². The summed E-state index contributed by atoms with van der Waals surface area (Å²) in [6.07, 6.45) is 4.75. The van der Waals surface area contributed by atoms with Crippen LogP contribution in [-0.4, -0.2) is 30.4 Å². The monoisotopic (exact) mass is 419 g/mol. The molecule has 0 saturated heterocycles. The number of nitrogens with two attached hydrogens (primary N) is 1. The number of rotatable bonds is 5. The predicted octanol–water partition coefficient (Wildman–Crippen LogP) is 1.88. The Hall–Kier alpha value is -4.34. The molecular weight excluding hydrogens is 401 g/mol. The van der Waals surface area contributed by atoms with Gasteiger partial charge in [0.05, 0.1) is 17.9 Å². The minimum atomic E-state index is -0.626. The quantitative estimate of drug-likeness (QED) is 0.453. The Morgan fingerprint density at radius 1 is 1.19 bits per heavy atom. The van der Waals surface area contributed by atoms with Crippen LogP contribution in [-0.2, 0) is 13.6 Å². The summed E-state index contributed by atoms with van der Waals surface area (Å²) in [4.78, 5) is 40.3. The van der Waals surface area contributed by atoms with Gasteiger partial charge < -0.3 is 20.6 Å². The van der Waals surface area contributed by atoms with Gasteiger partial charge in [0.2, 0.25) is 5.56 Å². The summed E-state index contributed by atoms with van der Waals surface area (Å²) in [6.45, 7) is -0.139. The molecule has 156 valence electrons. The third-order valence-electron chi connectivity index (χ3n) is 4.60. The number of halogens is 1. The first-order chi connectivity index (χ1) is 14.9. The number of carbonyl (C=O) groups excluding carboxylic acids is 1. The van der Waals surface area contributed by atoms with E-state index in [1.54, 1.807) is 37.6 Å². The zero-order valence-electron chi connectivity index (χ0n) is 16.5. The van der Waals surface area contributed by atoms with Crippen molar-refractivity contribution in [3.8, 4) is 22.6 Å². The van der Waals surface area contributed by atoms with Crippen molar-refractivity contribution in [3.05, 3.63) is 82.5 Å². The number of anilines is 1. The molecule has 4 N–H and O–H groups in total. The third-order valence-corrected chi connectivity index (χ3v) is 4.60. The highest BCUT2D eigenvalue weighted by Crippen LogP contribution is 2.29. The molecule has 31 heavy (non-hydrogen) atoms. The van der Waals surface area contributed by atoms with Crippen molar-refractivity contribution < 1.29 is 9.18 Å². The molecule has 10 heteroatoms. The second-order valence-electron chi connectivity index (χ2n) is 6.72. The average Bonchev–Trinajstić information content (AvgIpc) is 3.29. The van der Waals surface area contributed by atoms with Crippen LogP contribution < -0.4 is 16.6 Å². The lowest BCUT2D eigenvalue weighted by molar-refractivity contribution is 0.0946. The number of hydrogen-bond donors (Lipinski definition) is 3. The molecule has 0 radical (unpaired) electrons. The van der Waals surface area contributed by atoms with Crippen LogP contribution >= 0.6 is 0 Å². The lowest BCUT2D eigenvalue weighted by Gasteiger charge is -2.13. The van der Waals surface area contributed by atoms with E-state index in [0.29, 0.717) is 22.6 Å². The number of pyridine rings is 2. The summed E-state index contributed by atoms with van der Waals surface area (Å²) in [7, 11) is 1.61. The number of nitrogen functional groups attached to an aromatic ring is 1. The zero-order chi connectivity index (χ0) is 22.0. The molecule has 4 heterocycles. The normalized spacial score (nSPS) is 10.8. The van der Waals surface area contributed by atoms with Gasteiger partial charge in [-0.25, -0.2) is 14.4 Å². The molecule has 0 atom stereocenters. The molecular formula is C21H18FN7O2. The summed E-state index contributed by atoms with van der Waals surface area (Å²) < 4.78 is 15.2. The van der Waals surface area contributed by atoms with Gasteiger partial charge in [0.15, 0.2) is 11.5 Å². The second kappa shape index (κ2) is 8.19. The number of nitrogens with one attached hydrogen (secondary N) is 2. The van der Waals surface area contributed by atoms with E-state index in [1.807, 2.05) is 0 Å². The summed E-state index contributed by atoms with van der Waals surface area (Å²) in [6, 6.07) is 9.29. The number of aromatic nitrogens is 5. The van der Waals surface area contributed by atoms with Crippen molar-refractivity contribution in [1.29, 1.82) is 0 Å². The van der Waals surface area contributed by atoms with Crippen LogP contribution in [0.2, 0.25) is 0 Å². The van der Waals surface area contributed by atoms with Gasteiger partial charge in [-0.1, -0.05) is 0 Å². The van der Waals surface area contributed by atoms with Crippen LogP contribution in [0.25, 0.3) is 22.6 Å². The van der Waals surface area contributed by atoms with E-state index in [-0.39, 0.29) is 29.3 Å². The molecule has 0 aromatic carbocycles. The van der Waals surface area contributed by atoms with Gasteiger partial charge >= 0.3 is 0 Å². The molecule has 0 aliphatic rings. The molecule has 4 aromatic rings. The fourth-order valence-electron chi connectivity index (χ4n) is 3.01. The van der Waals surface area contributed by atoms with E-state index >= 15 is 0 Å². The summed E-state index contributed by atoms with van der Waals surface area (Å²) >= 11 is 0. The van der Waals surface area contributed by atoms with E-state index in [1.165, 1.54) is 29.0 Å². The number of H-pyrrole nitrogens is 1. The highest BCUT2D eigenvalue weighted by atomic mass is 19.1. The smallest absolute Gasteiger partial charge is 0.274 e. The number of hydrogen-bond acceptors (Lipinski definition) is 6. The van der Waals surface area contributed by atoms with Gasteiger partial charge in [0, 0.05) is 37.3 Å². The Morgan fingerprint density at radius 2 is 2.03 bits per heavy atom. The largest absolute Gasteiger partial charge is 0.382 e. The Labute approximate surface area is 175 Å². The van der Waals surface area contributed by atoms with Crippen molar-refractivity contribution in [2.24, 2.45) is 7.05 Å². The highest BCUT2D eigenvalue weighted by molar-refractivity contribution is 5.97. The summed E-state index contributed by atoms with van der Waals surface area (Å²) in [5, 5.41) is 2.56. The summed E-state index contributed by atoms with van der Waals surface area (Å²) in [5.41, 5.74) is 7.82. The maximum Gasteiger partial charge on any atom is 0.274 e. The van der Waals surface area contributed by atoms with E-state index in [4.69, 9.17) is 5.73 Å². The van der Waals surface area contributed by atoms with Gasteiger partial charge in [0.25, 0.3) is 5.91 Å². The van der Waals surface area contributed by atoms with E-state index in [9.17, 15) is 14.0 Å². The number of aromatic amines is 1. The molecule has 0 saturated carbocycles. The first-order valence-electron chi connectivity index (χ1n) is 9.30. The van der Waals surface area contributed by atoms with E-state index in [2.05, 4.69) is 25.3 Å². The van der Waals surface area contributed by atoms with E-state index in [0.717, 1.165) is 0 Å². The standard InChI is InChI=1S/C21H18FN7O2/c1-29-11-12(6-7-16(29)30)17-18(14-5-3-9-24-14)28-20(23)19(27-17)21(31)26-10-15-13(22)4-2-8-25-15/h2-9,11,24H,10H2,1H3,(H2,23,28)(H,26,31). The zero-order valence-corrected chi connectivity index (χ0v) is 16.5. The maximum atomic E-state index is 13.8. The minimum absolute atomic E-state index is 0.0860. The van der Waals surface area contributed by atoms with Crippen LogP contribution in [0, 0.1) is 5.82 Å². The van der Waals surface area contributed by atoms with Gasteiger partial charge in [-0.3, -0.25) is 14.6 Å². The fraction of sp³-hybridized carbons (Fsp3) is 0.0952. The van der Waals surface area contributed by atoms with Crippen LogP contribution in [0.5, 0.6) is 0 Å². The first kappa shape index (κ1) is 20.0. The lowest BCUT2D eigenvalue weighted by Crippen LogP contribution is -2.26. The van der Waals surface area contributed by atoms with Crippen LogP contribution in [0.1, 0.15) is 16.2 Å². The second-order valence-corrected chi connectivity index (χ2v) is 6.72. The Bertz CT molecular complexity index is 1320. The molecule has 1 amide bonds. The third kappa shape index (κ3) is 4.04. The molecule has 0 aliphatic carbocycles. The molecule has 0 fully saturated rings. The minimum Gasteiger partial charge on any atom is -0.382 e. The number of aryl methyl sites for hydroxylation is 1. The average molecular weight is 419 g/mol. The molecule has 0 spiro atoms. The molecule has 9 nitrogen and oxygen atoms in total. The maximum absolute atomic E-state index is 13.8. The molecule has 0 aliphatic heterocycles. The molecule has 0 bridgehead atoms. The van der Waals surface area contributed by atoms with Gasteiger partial charge in [-0.05, 0) is 30.3 Å². The lowest BCUT2D eigenvalue weighted by atomic mass is 10.1. The van der Waals surface area contributed by atoms with Crippen molar-refractivity contribution in [2.75, 3.05) is 5.73 Å². The molecule has 4 rings (SSSR count). The Morgan fingerprint density at radius 3 is 2.74 bits per heavy atom. The van der Waals surface area contributed by atoms with Crippen molar-refractivity contribution in [2.45, 2.75) is 6.54 Å². The van der Waals surface area contributed by atoms with Crippen LogP contribution in [0.4, 0.5) is 10.2 Å². The Kier molecular flexibility index (Phi) is 5.27. The Balaban J connectivity index is 1.75. The highest BCUT2D eigenvalue weighted by Gasteiger charge is 2.21. The van der Waals surface area contributed by atoms with Crippen molar-refractivity contribution in [3.63, 3.8) is 0 Å². The van der Waals surface area contributed by atoms with Crippen molar-refractivity contribution >= 4 is 11.7 Å².